The van der Waals surface area contributed by atoms with Gasteiger partial charge in [-0.15, -0.1) is 0 Å². The van der Waals surface area contributed by atoms with E-state index in [1.165, 1.54) is 36.4 Å². The van der Waals surface area contributed by atoms with Gasteiger partial charge in [0.15, 0.2) is 5.78 Å². The van der Waals surface area contributed by atoms with Crippen LogP contribution in [-0.2, 0) is 78.5 Å². The molecule has 0 aromatic heterocycles. The van der Waals surface area contributed by atoms with Crippen LogP contribution in [0, 0.1) is 0 Å². The zero-order chi connectivity index (χ0) is 57.0. The zero-order valence-corrected chi connectivity index (χ0v) is 45.5. The summed E-state index contributed by atoms with van der Waals surface area (Å²) in [5.41, 5.74) is 1.52. The van der Waals surface area contributed by atoms with Gasteiger partial charge in [-0.2, -0.15) is 0 Å². The van der Waals surface area contributed by atoms with Crippen molar-refractivity contribution in [1.29, 1.82) is 0 Å². The summed E-state index contributed by atoms with van der Waals surface area (Å²) in [6.45, 7) is 1.16. The number of ketones is 1. The summed E-state index contributed by atoms with van der Waals surface area (Å²) in [7, 11) is 0. The van der Waals surface area contributed by atoms with Crippen molar-refractivity contribution in [3.8, 4) is 0 Å². The second-order valence-corrected chi connectivity index (χ2v) is 19.6. The molecule has 4 atom stereocenters. The Kier molecular flexibility index (Phi) is 32.4. The zero-order valence-electron chi connectivity index (χ0n) is 43.0. The second kappa shape index (κ2) is 38.3. The molecule has 0 saturated carbocycles. The lowest BCUT2D eigenvalue weighted by atomic mass is 10.0. The summed E-state index contributed by atoms with van der Waals surface area (Å²) < 4.78 is 84.5. The number of benzene rings is 3. The van der Waals surface area contributed by atoms with Crippen LogP contribution in [0.1, 0.15) is 96.9 Å². The van der Waals surface area contributed by atoms with Gasteiger partial charge in [0.1, 0.15) is 5.54 Å². The van der Waals surface area contributed by atoms with E-state index in [4.69, 9.17) is 33.0 Å². The van der Waals surface area contributed by atoms with E-state index in [-0.39, 0.29) is 134 Å². The van der Waals surface area contributed by atoms with Crippen LogP contribution in [0.4, 0.5) is 17.1 Å². The third-order valence-corrected chi connectivity index (χ3v) is 12.2. The number of hydrogen-bond acceptors (Lipinski definition) is 14. The molecule has 0 bridgehead atoms. The molecule has 0 aliphatic heterocycles. The number of carbonyl (C=O) groups is 7. The number of carboxylic acids is 1. The van der Waals surface area contributed by atoms with Crippen molar-refractivity contribution < 1.29 is 79.2 Å². The molecule has 432 valence electrons. The first-order chi connectivity index (χ1) is 37.4. The van der Waals surface area contributed by atoms with Gasteiger partial charge >= 0.3 is 5.97 Å². The molecular formula is C49H71N9O17S3. The Bertz CT molecular complexity index is 2320. The number of amides is 5. The van der Waals surface area contributed by atoms with Crippen LogP contribution in [-0.4, -0.2) is 151 Å². The highest BCUT2D eigenvalue weighted by Crippen LogP contribution is 2.15. The third-order valence-electron chi connectivity index (χ3n) is 11.0. The maximum absolute atomic E-state index is 13.3. The lowest BCUT2D eigenvalue weighted by Crippen LogP contribution is -2.58. The van der Waals surface area contributed by atoms with Crippen molar-refractivity contribution in [2.75, 3.05) is 86.5 Å². The minimum Gasteiger partial charge on any atom is -0.481 e. The van der Waals surface area contributed by atoms with Crippen molar-refractivity contribution in [3.63, 3.8) is 0 Å². The van der Waals surface area contributed by atoms with E-state index >= 15 is 0 Å². The molecule has 29 heteroatoms. The Labute approximate surface area is 460 Å². The Balaban J connectivity index is 1.52. The van der Waals surface area contributed by atoms with Gasteiger partial charge < -0.3 is 51.2 Å². The molecule has 78 heavy (non-hydrogen) atoms. The maximum atomic E-state index is 13.3. The van der Waals surface area contributed by atoms with E-state index in [0.717, 1.165) is 5.56 Å². The topological polar surface area (TPSA) is 388 Å². The number of rotatable bonds is 43. The van der Waals surface area contributed by atoms with E-state index in [0.29, 0.717) is 73.5 Å². The standard InChI is InChI=1S/C49H71N9O17S3/c59-42(37-11-17-40(18-12-37)57-77(69)70)6-1-2-25-51-43(60)21-29-73-33-49(55-46(63)7-3-8-47(64)65,34-74-30-22-44(61)52-26-4-24-50-32-36-9-15-39(16-10-36)56-76(67)68)35-75-31-23-45(62)53-27-5-28-54-48(66)38-13-19-41(20-14-38)58-78(71)72/h9-20,50,56-58H,1-8,21-35H2,(H,51,60)(H,52,61)(H,53,62)(H,54,66)(H,55,63)(H,64,65)(H,67,68)(H,69,70)(H,71,72). The van der Waals surface area contributed by atoms with Crippen molar-refractivity contribution in [1.82, 2.24) is 31.9 Å². The molecule has 13 N–H and O–H groups in total. The predicted molar refractivity (Wildman–Crippen MR) is 292 cm³/mol. The largest absolute Gasteiger partial charge is 0.481 e. The molecule has 0 aliphatic carbocycles. The lowest BCUT2D eigenvalue weighted by molar-refractivity contribution is -0.137. The number of hydrogen-bond donors (Lipinski definition) is 13. The average molecular weight is 1150 g/mol. The highest BCUT2D eigenvalue weighted by atomic mass is 32.2. The number of nitrogens with one attached hydrogen (secondary N) is 9. The molecule has 0 aliphatic rings. The molecule has 0 radical (unpaired) electrons. The molecule has 0 spiro atoms. The van der Waals surface area contributed by atoms with Crippen molar-refractivity contribution >= 4 is 92.2 Å². The van der Waals surface area contributed by atoms with Gasteiger partial charge in [0.25, 0.3) is 39.7 Å². The van der Waals surface area contributed by atoms with E-state index in [1.54, 1.807) is 24.3 Å². The first-order valence-electron chi connectivity index (χ1n) is 24.9. The summed E-state index contributed by atoms with van der Waals surface area (Å²) >= 11 is -6.67. The van der Waals surface area contributed by atoms with Crippen molar-refractivity contribution in [2.24, 2.45) is 0 Å². The maximum Gasteiger partial charge on any atom is 0.303 e. The van der Waals surface area contributed by atoms with Crippen LogP contribution < -0.4 is 46.1 Å². The minimum atomic E-state index is -2.26. The highest BCUT2D eigenvalue weighted by molar-refractivity contribution is 7.81. The van der Waals surface area contributed by atoms with Crippen LogP contribution in [0.25, 0.3) is 0 Å². The van der Waals surface area contributed by atoms with E-state index < -0.39 is 51.2 Å². The molecule has 4 unspecified atom stereocenters. The number of carbonyl (C=O) groups excluding carboxylic acids is 6. The molecule has 3 aromatic carbocycles. The third kappa shape index (κ3) is 30.6. The minimum absolute atomic E-state index is 0.0225. The smallest absolute Gasteiger partial charge is 0.303 e. The fourth-order valence-electron chi connectivity index (χ4n) is 7.04. The van der Waals surface area contributed by atoms with E-state index in [1.807, 2.05) is 12.1 Å². The summed E-state index contributed by atoms with van der Waals surface area (Å²) in [4.78, 5) is 87.8. The van der Waals surface area contributed by atoms with Crippen LogP contribution in [0.15, 0.2) is 72.8 Å². The number of aliphatic carboxylic acids is 1. The van der Waals surface area contributed by atoms with Gasteiger partial charge in [-0.25, -0.2) is 12.6 Å². The summed E-state index contributed by atoms with van der Waals surface area (Å²) in [6, 6.07) is 19.0. The van der Waals surface area contributed by atoms with Gasteiger partial charge in [-0.1, -0.05) is 12.1 Å². The number of Topliss-reactive ketones (excluding diaryl/α,β-unsaturated/α-hetero) is 1. The fraction of sp³-hybridized carbons (Fsp3) is 0.490. The Hall–Kier alpha value is -6.28. The van der Waals surface area contributed by atoms with Gasteiger partial charge in [0, 0.05) is 99.4 Å². The summed E-state index contributed by atoms with van der Waals surface area (Å²) in [6.07, 6.45) is 1.56. The molecule has 26 nitrogen and oxygen atoms in total. The average Bonchev–Trinajstić information content (AvgIpc) is 3.39. The lowest BCUT2D eigenvalue weighted by Gasteiger charge is -2.34. The van der Waals surface area contributed by atoms with Gasteiger partial charge in [0.2, 0.25) is 23.6 Å². The Morgan fingerprint density at radius 1 is 0.449 bits per heavy atom. The van der Waals surface area contributed by atoms with Crippen LogP contribution in [0.3, 0.4) is 0 Å². The number of anilines is 3. The van der Waals surface area contributed by atoms with E-state index in [2.05, 4.69) is 46.1 Å². The normalized spacial score (nSPS) is 12.9. The number of ether oxygens (including phenoxy) is 3. The van der Waals surface area contributed by atoms with Gasteiger partial charge in [0.05, 0.1) is 39.6 Å². The first kappa shape index (κ1) is 66.0. The van der Waals surface area contributed by atoms with Gasteiger partial charge in [-0.3, -0.25) is 61.4 Å². The molecule has 3 rings (SSSR count). The van der Waals surface area contributed by atoms with Crippen LogP contribution in [0.2, 0.25) is 0 Å². The van der Waals surface area contributed by atoms with Crippen LogP contribution in [0.5, 0.6) is 0 Å². The molecule has 3 aromatic rings. The predicted octanol–water partition coefficient (Wildman–Crippen LogP) is 2.36. The highest BCUT2D eigenvalue weighted by Gasteiger charge is 2.34. The van der Waals surface area contributed by atoms with Gasteiger partial charge in [-0.05, 0) is 105 Å². The van der Waals surface area contributed by atoms with Crippen molar-refractivity contribution in [3.05, 3.63) is 89.5 Å². The monoisotopic (exact) mass is 1150 g/mol. The fourth-order valence-corrected chi connectivity index (χ4v) is 8.05. The molecule has 0 fully saturated rings. The quantitative estimate of drug-likeness (QED) is 0.0220. The van der Waals surface area contributed by atoms with Crippen molar-refractivity contribution in [2.45, 2.75) is 82.7 Å². The summed E-state index contributed by atoms with van der Waals surface area (Å²) in [5, 5.41) is 26.3. The Morgan fingerprint density at radius 3 is 1.33 bits per heavy atom. The second-order valence-electron chi connectivity index (χ2n) is 17.5. The molecular weight excluding hydrogens is 1080 g/mol. The summed E-state index contributed by atoms with van der Waals surface area (Å²) in [5.74, 6) is -3.15. The molecule has 0 heterocycles. The molecule has 5 amide bonds. The number of carboxylic acid groups (broad SMARTS) is 1. The SMILES string of the molecule is O=C(O)CCCC(=O)NC(COCCC(=O)NCCCCC(=O)c1ccc(NS(=O)O)cc1)(COCCC(=O)NCCCNCc1ccc(NS(=O)O)cc1)COCCC(=O)NCCCNC(=O)c1ccc(NS(=O)O)cc1. The first-order valence-corrected chi connectivity index (χ1v) is 28.2. The Morgan fingerprint density at radius 2 is 0.872 bits per heavy atom. The van der Waals surface area contributed by atoms with E-state index in [9.17, 15) is 46.2 Å². The molecule has 0 saturated heterocycles. The number of unbranched alkanes of at least 4 members (excludes halogenated alkanes) is 1. The van der Waals surface area contributed by atoms with Crippen LogP contribution >= 0.6 is 0 Å².